The third-order valence-corrected chi connectivity index (χ3v) is 4.48. The van der Waals surface area contributed by atoms with Crippen LogP contribution in [-0.2, 0) is 19.6 Å². The zero-order valence-corrected chi connectivity index (χ0v) is 13.8. The van der Waals surface area contributed by atoms with Gasteiger partial charge in [-0.3, -0.25) is 14.3 Å². The summed E-state index contributed by atoms with van der Waals surface area (Å²) in [4.78, 5) is 25.7. The third kappa shape index (κ3) is 3.78. The van der Waals surface area contributed by atoms with Crippen LogP contribution in [0.4, 0.5) is 0 Å². The Morgan fingerprint density at radius 1 is 1.41 bits per heavy atom. The number of carbonyl (C=O) groups is 2. The summed E-state index contributed by atoms with van der Waals surface area (Å²) in [5, 5.41) is 0.492. The lowest BCUT2D eigenvalue weighted by Crippen LogP contribution is -2.47. The summed E-state index contributed by atoms with van der Waals surface area (Å²) >= 11 is 5.98. The number of rotatable bonds is 3. The highest BCUT2D eigenvalue weighted by Gasteiger charge is 2.39. The van der Waals surface area contributed by atoms with Crippen molar-refractivity contribution in [2.75, 3.05) is 13.3 Å². The van der Waals surface area contributed by atoms with Crippen molar-refractivity contribution in [3.05, 3.63) is 34.9 Å². The Labute approximate surface area is 134 Å². The number of amides is 2. The summed E-state index contributed by atoms with van der Waals surface area (Å²) in [6, 6.07) is 6.34. The molecule has 22 heavy (non-hydrogen) atoms. The van der Waals surface area contributed by atoms with Crippen LogP contribution in [-0.4, -0.2) is 38.4 Å². The summed E-state index contributed by atoms with van der Waals surface area (Å²) in [7, 11) is -2.04. The molecule has 0 bridgehead atoms. The van der Waals surface area contributed by atoms with Crippen LogP contribution in [0, 0.1) is 5.92 Å². The van der Waals surface area contributed by atoms with Crippen molar-refractivity contribution in [3.8, 4) is 0 Å². The summed E-state index contributed by atoms with van der Waals surface area (Å²) in [6.45, 7) is 0. The number of benzene rings is 1. The number of nitrogens with zero attached hydrogens (tertiary/aromatic N) is 1. The predicted octanol–water partition coefficient (Wildman–Crippen LogP) is 1.33. The summed E-state index contributed by atoms with van der Waals surface area (Å²) in [5.41, 5.74) is 0.705. The smallest absolute Gasteiger partial charge is 0.238 e. The number of halogens is 1. The van der Waals surface area contributed by atoms with E-state index in [0.717, 1.165) is 6.26 Å². The van der Waals surface area contributed by atoms with Crippen LogP contribution >= 0.6 is 11.6 Å². The molecule has 0 aliphatic carbocycles. The molecule has 2 rings (SSSR count). The van der Waals surface area contributed by atoms with Crippen LogP contribution in [0.2, 0.25) is 5.02 Å². The normalized spacial score (nSPS) is 22.5. The number of hydrogen-bond donors (Lipinski definition) is 1. The van der Waals surface area contributed by atoms with Gasteiger partial charge in [-0.1, -0.05) is 23.7 Å². The largest absolute Gasteiger partial charge is 0.338 e. The van der Waals surface area contributed by atoms with Gasteiger partial charge in [0.1, 0.15) is 0 Å². The SMILES string of the molecule is CN1C(=O)CCC(C(=O)NS(C)(=O)=O)C1c1cccc(Cl)c1. The summed E-state index contributed by atoms with van der Waals surface area (Å²) < 4.78 is 24.6. The van der Waals surface area contributed by atoms with E-state index in [1.165, 1.54) is 4.90 Å². The Balaban J connectivity index is 2.38. The first-order valence-corrected chi connectivity index (χ1v) is 8.99. The van der Waals surface area contributed by atoms with Gasteiger partial charge in [0.05, 0.1) is 18.2 Å². The summed E-state index contributed by atoms with van der Waals surface area (Å²) in [6.07, 6.45) is 1.42. The van der Waals surface area contributed by atoms with Crippen molar-refractivity contribution in [3.63, 3.8) is 0 Å². The van der Waals surface area contributed by atoms with Gasteiger partial charge < -0.3 is 4.90 Å². The maximum Gasteiger partial charge on any atom is 0.238 e. The fourth-order valence-electron chi connectivity index (χ4n) is 2.72. The van der Waals surface area contributed by atoms with Crippen LogP contribution in [0.1, 0.15) is 24.4 Å². The minimum atomic E-state index is -3.65. The van der Waals surface area contributed by atoms with E-state index >= 15 is 0 Å². The minimum absolute atomic E-state index is 0.0895. The second-order valence-corrected chi connectivity index (χ2v) is 7.57. The van der Waals surface area contributed by atoms with E-state index in [0.29, 0.717) is 17.0 Å². The average Bonchev–Trinajstić information content (AvgIpc) is 2.39. The first kappa shape index (κ1) is 16.8. The number of piperidine rings is 1. The summed E-state index contributed by atoms with van der Waals surface area (Å²) in [5.74, 6) is -1.34. The van der Waals surface area contributed by atoms with Crippen molar-refractivity contribution in [1.29, 1.82) is 0 Å². The topological polar surface area (TPSA) is 83.6 Å². The Morgan fingerprint density at radius 3 is 2.68 bits per heavy atom. The van der Waals surface area contributed by atoms with E-state index in [1.807, 2.05) is 4.72 Å². The van der Waals surface area contributed by atoms with Gasteiger partial charge >= 0.3 is 0 Å². The van der Waals surface area contributed by atoms with E-state index in [9.17, 15) is 18.0 Å². The van der Waals surface area contributed by atoms with Crippen molar-refractivity contribution in [2.45, 2.75) is 18.9 Å². The molecule has 0 spiro atoms. The first-order chi connectivity index (χ1) is 10.2. The zero-order valence-electron chi connectivity index (χ0n) is 12.2. The van der Waals surface area contributed by atoms with E-state index < -0.39 is 27.9 Å². The molecule has 1 fully saturated rings. The van der Waals surface area contributed by atoms with Gasteiger partial charge in [0.15, 0.2) is 0 Å². The second-order valence-electron chi connectivity index (χ2n) is 5.39. The van der Waals surface area contributed by atoms with Crippen molar-refractivity contribution in [1.82, 2.24) is 9.62 Å². The predicted molar refractivity (Wildman–Crippen MR) is 82.7 cm³/mol. The zero-order chi connectivity index (χ0) is 16.5. The molecular weight excluding hydrogens is 328 g/mol. The molecule has 1 heterocycles. The molecule has 1 aliphatic heterocycles. The van der Waals surface area contributed by atoms with E-state index in [4.69, 9.17) is 11.6 Å². The lowest BCUT2D eigenvalue weighted by Gasteiger charge is -2.38. The number of carbonyl (C=O) groups excluding carboxylic acids is 2. The molecule has 0 radical (unpaired) electrons. The van der Waals surface area contributed by atoms with Gasteiger partial charge in [0, 0.05) is 18.5 Å². The van der Waals surface area contributed by atoms with E-state index in [-0.39, 0.29) is 12.3 Å². The fraction of sp³-hybridized carbons (Fsp3) is 0.429. The second kappa shape index (κ2) is 6.26. The molecule has 6 nitrogen and oxygen atoms in total. The molecule has 1 N–H and O–H groups in total. The fourth-order valence-corrected chi connectivity index (χ4v) is 3.43. The molecule has 1 aromatic rings. The first-order valence-electron chi connectivity index (χ1n) is 6.72. The van der Waals surface area contributed by atoms with Gasteiger partial charge in [0.2, 0.25) is 21.8 Å². The lowest BCUT2D eigenvalue weighted by atomic mass is 9.84. The van der Waals surface area contributed by atoms with Gasteiger partial charge in [-0.15, -0.1) is 0 Å². The van der Waals surface area contributed by atoms with Crippen LogP contribution in [0.3, 0.4) is 0 Å². The lowest BCUT2D eigenvalue weighted by molar-refractivity contribution is -0.141. The van der Waals surface area contributed by atoms with Crippen LogP contribution in [0.5, 0.6) is 0 Å². The van der Waals surface area contributed by atoms with Gasteiger partial charge in [-0.25, -0.2) is 8.42 Å². The molecule has 0 saturated carbocycles. The molecule has 1 saturated heterocycles. The maximum absolute atomic E-state index is 12.3. The molecule has 2 unspecified atom stereocenters. The molecule has 1 aliphatic rings. The third-order valence-electron chi connectivity index (χ3n) is 3.67. The van der Waals surface area contributed by atoms with E-state index in [1.54, 1.807) is 31.3 Å². The maximum atomic E-state index is 12.3. The van der Waals surface area contributed by atoms with Crippen molar-refractivity contribution < 1.29 is 18.0 Å². The molecular formula is C14H17ClN2O4S. The Kier molecular flexibility index (Phi) is 4.77. The highest BCUT2D eigenvalue weighted by molar-refractivity contribution is 7.89. The molecule has 2 atom stereocenters. The van der Waals surface area contributed by atoms with Crippen molar-refractivity contribution in [2.24, 2.45) is 5.92 Å². The standard InChI is InChI=1S/C14H17ClN2O4S/c1-17-12(18)7-6-11(14(19)16-22(2,20)21)13(17)9-4-3-5-10(15)8-9/h3-5,8,11,13H,6-7H2,1-2H3,(H,16,19). The van der Waals surface area contributed by atoms with Crippen LogP contribution in [0.15, 0.2) is 24.3 Å². The van der Waals surface area contributed by atoms with Crippen LogP contribution in [0.25, 0.3) is 0 Å². The Bertz CT molecular complexity index is 705. The molecule has 0 aromatic heterocycles. The highest BCUT2D eigenvalue weighted by Crippen LogP contribution is 2.36. The number of likely N-dealkylation sites (tertiary alicyclic amines) is 1. The Hall–Kier alpha value is -1.60. The monoisotopic (exact) mass is 344 g/mol. The molecule has 2 amide bonds. The van der Waals surface area contributed by atoms with Gasteiger partial charge in [-0.2, -0.15) is 0 Å². The molecule has 8 heteroatoms. The average molecular weight is 345 g/mol. The van der Waals surface area contributed by atoms with Gasteiger partial charge in [0.25, 0.3) is 0 Å². The number of hydrogen-bond acceptors (Lipinski definition) is 4. The molecule has 120 valence electrons. The molecule has 1 aromatic carbocycles. The van der Waals surface area contributed by atoms with Crippen LogP contribution < -0.4 is 4.72 Å². The Morgan fingerprint density at radius 2 is 2.09 bits per heavy atom. The van der Waals surface area contributed by atoms with Gasteiger partial charge in [-0.05, 0) is 24.1 Å². The highest BCUT2D eigenvalue weighted by atomic mass is 35.5. The van der Waals surface area contributed by atoms with Crippen molar-refractivity contribution >= 4 is 33.4 Å². The number of sulfonamides is 1. The van der Waals surface area contributed by atoms with E-state index in [2.05, 4.69) is 0 Å². The quantitative estimate of drug-likeness (QED) is 0.896. The minimum Gasteiger partial charge on any atom is -0.338 e. The number of nitrogens with one attached hydrogen (secondary N) is 1.